The van der Waals surface area contributed by atoms with Crippen LogP contribution in [0.3, 0.4) is 0 Å². The molecule has 0 unspecified atom stereocenters. The zero-order valence-corrected chi connectivity index (χ0v) is 16.7. The Balaban J connectivity index is 1.96. The lowest BCUT2D eigenvalue weighted by molar-refractivity contribution is 0.0526. The summed E-state index contributed by atoms with van der Waals surface area (Å²) in [6.45, 7) is 3.64. The van der Waals surface area contributed by atoms with E-state index in [2.05, 4.69) is 4.72 Å². The first-order chi connectivity index (χ1) is 13.9. The number of benzene rings is 3. The van der Waals surface area contributed by atoms with Gasteiger partial charge in [0.2, 0.25) is 0 Å². The van der Waals surface area contributed by atoms with Crippen molar-refractivity contribution in [1.29, 1.82) is 0 Å². The van der Waals surface area contributed by atoms with E-state index in [-0.39, 0.29) is 11.5 Å². The third kappa shape index (κ3) is 3.34. The molecule has 4 rings (SSSR count). The highest BCUT2D eigenvalue weighted by Gasteiger charge is 2.23. The van der Waals surface area contributed by atoms with Crippen LogP contribution < -0.4 is 4.72 Å². The van der Waals surface area contributed by atoms with Gasteiger partial charge in [0, 0.05) is 16.2 Å². The average molecular weight is 409 g/mol. The van der Waals surface area contributed by atoms with Crippen LogP contribution in [0.1, 0.15) is 23.0 Å². The maximum atomic E-state index is 12.9. The van der Waals surface area contributed by atoms with Crippen LogP contribution >= 0.6 is 0 Å². The molecule has 6 nitrogen and oxygen atoms in total. The predicted octanol–water partition coefficient (Wildman–Crippen LogP) is 4.87. The van der Waals surface area contributed by atoms with Gasteiger partial charge in [0.15, 0.2) is 0 Å². The Morgan fingerprint density at radius 2 is 1.66 bits per heavy atom. The van der Waals surface area contributed by atoms with Crippen LogP contribution in [-0.4, -0.2) is 21.0 Å². The fourth-order valence-corrected chi connectivity index (χ4v) is 4.47. The summed E-state index contributed by atoms with van der Waals surface area (Å²) in [4.78, 5) is 12.6. The minimum Gasteiger partial charge on any atom is -0.462 e. The van der Waals surface area contributed by atoms with E-state index >= 15 is 0 Å². The number of esters is 1. The van der Waals surface area contributed by atoms with Gasteiger partial charge in [0.25, 0.3) is 10.0 Å². The van der Waals surface area contributed by atoms with Crippen molar-refractivity contribution in [2.24, 2.45) is 0 Å². The molecule has 0 saturated heterocycles. The predicted molar refractivity (Wildman–Crippen MR) is 112 cm³/mol. The lowest BCUT2D eigenvalue weighted by atomic mass is 10.0. The third-order valence-corrected chi connectivity index (χ3v) is 6.03. The quantitative estimate of drug-likeness (QED) is 0.475. The number of nitrogens with one attached hydrogen (secondary N) is 1. The molecule has 7 heteroatoms. The number of hydrogen-bond donors (Lipinski definition) is 1. The van der Waals surface area contributed by atoms with Crippen LogP contribution in [0.5, 0.6) is 0 Å². The first-order valence-corrected chi connectivity index (χ1v) is 10.6. The Morgan fingerprint density at radius 1 is 1.00 bits per heavy atom. The van der Waals surface area contributed by atoms with Gasteiger partial charge in [-0.15, -0.1) is 0 Å². The Bertz CT molecular complexity index is 1320. The molecule has 3 aromatic carbocycles. The first-order valence-electron chi connectivity index (χ1n) is 9.12. The molecule has 29 heavy (non-hydrogen) atoms. The lowest BCUT2D eigenvalue weighted by Crippen LogP contribution is -2.13. The van der Waals surface area contributed by atoms with E-state index < -0.39 is 16.0 Å². The zero-order chi connectivity index (χ0) is 20.6. The number of anilines is 1. The third-order valence-electron chi connectivity index (χ3n) is 4.65. The second-order valence-corrected chi connectivity index (χ2v) is 8.20. The Kier molecular flexibility index (Phi) is 4.76. The first kappa shape index (κ1) is 19.0. The van der Waals surface area contributed by atoms with Crippen molar-refractivity contribution in [2.75, 3.05) is 11.3 Å². The van der Waals surface area contributed by atoms with E-state index in [1.807, 2.05) is 18.2 Å². The Labute approximate surface area is 168 Å². The fourth-order valence-electron chi connectivity index (χ4n) is 3.38. The second-order valence-electron chi connectivity index (χ2n) is 6.52. The highest BCUT2D eigenvalue weighted by Crippen LogP contribution is 2.37. The van der Waals surface area contributed by atoms with Gasteiger partial charge < -0.3 is 9.15 Å². The van der Waals surface area contributed by atoms with E-state index in [4.69, 9.17) is 9.15 Å². The maximum Gasteiger partial charge on any atom is 0.342 e. The fraction of sp³-hybridized carbons (Fsp3) is 0.136. The van der Waals surface area contributed by atoms with Crippen LogP contribution in [0.15, 0.2) is 70.0 Å². The number of carbonyl (C=O) groups excluding carboxylic acids is 1. The van der Waals surface area contributed by atoms with Gasteiger partial charge in [-0.2, -0.15) is 0 Å². The zero-order valence-electron chi connectivity index (χ0n) is 15.9. The number of sulfonamides is 1. The van der Waals surface area contributed by atoms with Crippen molar-refractivity contribution >= 4 is 43.4 Å². The molecule has 0 saturated carbocycles. The number of furan rings is 1. The van der Waals surface area contributed by atoms with E-state index in [0.29, 0.717) is 38.8 Å². The molecule has 0 bridgehead atoms. The summed E-state index contributed by atoms with van der Waals surface area (Å²) < 4.78 is 39.5. The second kappa shape index (κ2) is 7.25. The summed E-state index contributed by atoms with van der Waals surface area (Å²) >= 11 is 0. The summed E-state index contributed by atoms with van der Waals surface area (Å²) in [7, 11) is -3.81. The minimum atomic E-state index is -3.81. The molecule has 0 fully saturated rings. The molecule has 0 aliphatic heterocycles. The summed E-state index contributed by atoms with van der Waals surface area (Å²) in [6.07, 6.45) is 0. The van der Waals surface area contributed by atoms with E-state index in [0.717, 1.165) is 0 Å². The van der Waals surface area contributed by atoms with E-state index in [9.17, 15) is 13.2 Å². The van der Waals surface area contributed by atoms with Crippen LogP contribution in [0, 0.1) is 6.92 Å². The summed E-state index contributed by atoms with van der Waals surface area (Å²) in [6, 6.07) is 17.0. The molecule has 0 amide bonds. The number of rotatable bonds is 5. The molecule has 148 valence electrons. The molecule has 0 spiro atoms. The smallest absolute Gasteiger partial charge is 0.342 e. The molecule has 1 aromatic heterocycles. The topological polar surface area (TPSA) is 85.6 Å². The van der Waals surface area contributed by atoms with Gasteiger partial charge in [-0.1, -0.05) is 42.5 Å². The minimum absolute atomic E-state index is 0.151. The van der Waals surface area contributed by atoms with Crippen LogP contribution in [0.2, 0.25) is 0 Å². The van der Waals surface area contributed by atoms with Crippen molar-refractivity contribution in [3.05, 3.63) is 72.0 Å². The van der Waals surface area contributed by atoms with Crippen molar-refractivity contribution in [2.45, 2.75) is 18.7 Å². The monoisotopic (exact) mass is 409 g/mol. The number of ether oxygens (including phenoxy) is 1. The van der Waals surface area contributed by atoms with E-state index in [1.165, 1.54) is 12.1 Å². The van der Waals surface area contributed by atoms with Crippen LogP contribution in [-0.2, 0) is 14.8 Å². The van der Waals surface area contributed by atoms with Crippen molar-refractivity contribution < 1.29 is 22.4 Å². The molecule has 1 heterocycles. The summed E-state index contributed by atoms with van der Waals surface area (Å²) in [5.41, 5.74) is 1.18. The van der Waals surface area contributed by atoms with Gasteiger partial charge in [0.05, 0.1) is 17.2 Å². The Hall–Kier alpha value is -3.32. The highest BCUT2D eigenvalue weighted by atomic mass is 32.2. The number of carbonyl (C=O) groups is 1. The van der Waals surface area contributed by atoms with Crippen molar-refractivity contribution in [3.8, 4) is 0 Å². The van der Waals surface area contributed by atoms with E-state index in [1.54, 1.807) is 44.2 Å². The lowest BCUT2D eigenvalue weighted by Gasteiger charge is -2.12. The van der Waals surface area contributed by atoms with Gasteiger partial charge in [-0.25, -0.2) is 13.2 Å². The molecule has 0 atom stereocenters. The maximum absolute atomic E-state index is 12.9. The molecule has 0 radical (unpaired) electrons. The largest absolute Gasteiger partial charge is 0.462 e. The summed E-state index contributed by atoms with van der Waals surface area (Å²) in [5.74, 6) is -0.0810. The molecule has 1 N–H and O–H groups in total. The molecule has 0 aliphatic carbocycles. The van der Waals surface area contributed by atoms with Gasteiger partial charge in [0.1, 0.15) is 16.9 Å². The SMILES string of the molecule is CCOC(=O)c1c(C)oc2c1cc(NS(=O)(=O)c1ccccc1)c1ccccc12. The van der Waals surface area contributed by atoms with Crippen molar-refractivity contribution in [1.82, 2.24) is 0 Å². The summed E-state index contributed by atoms with van der Waals surface area (Å²) in [5, 5.41) is 1.88. The van der Waals surface area contributed by atoms with Crippen LogP contribution in [0.4, 0.5) is 5.69 Å². The number of hydrogen-bond acceptors (Lipinski definition) is 5. The van der Waals surface area contributed by atoms with Gasteiger partial charge in [-0.05, 0) is 32.0 Å². The molecule has 4 aromatic rings. The molecular formula is C22H19NO5S. The molecular weight excluding hydrogens is 390 g/mol. The average Bonchev–Trinajstić information content (AvgIpc) is 3.05. The number of aryl methyl sites for hydroxylation is 1. The van der Waals surface area contributed by atoms with Crippen molar-refractivity contribution in [3.63, 3.8) is 0 Å². The van der Waals surface area contributed by atoms with Crippen LogP contribution in [0.25, 0.3) is 21.7 Å². The Morgan fingerprint density at radius 3 is 2.34 bits per heavy atom. The standard InChI is InChI=1S/C22H19NO5S/c1-3-27-22(24)20-14(2)28-21-17-12-8-7-11-16(17)19(13-18(20)21)23-29(25,26)15-9-5-4-6-10-15/h4-13,23H,3H2,1-2H3. The molecule has 0 aliphatic rings. The highest BCUT2D eigenvalue weighted by molar-refractivity contribution is 7.92. The number of fused-ring (bicyclic) bond motifs is 3. The van der Waals surface area contributed by atoms with Gasteiger partial charge >= 0.3 is 5.97 Å². The normalized spacial score (nSPS) is 11.7. The van der Waals surface area contributed by atoms with Gasteiger partial charge in [-0.3, -0.25) is 4.72 Å².